The lowest BCUT2D eigenvalue weighted by Crippen LogP contribution is -2.48. The summed E-state index contributed by atoms with van der Waals surface area (Å²) in [5.41, 5.74) is 0.526. The Labute approximate surface area is 131 Å². The minimum Gasteiger partial charge on any atom is -0.325 e. The number of rotatable bonds is 4. The summed E-state index contributed by atoms with van der Waals surface area (Å²) in [6, 6.07) is 6.64. The second kappa shape index (κ2) is 7.20. The molecule has 3 rings (SSSR count). The summed E-state index contributed by atoms with van der Waals surface area (Å²) in [6.45, 7) is 4.74. The van der Waals surface area contributed by atoms with E-state index in [0.29, 0.717) is 18.3 Å². The van der Waals surface area contributed by atoms with Crippen molar-refractivity contribution < 1.29 is 9.18 Å². The number of likely N-dealkylation sites (tertiary alicyclic amines) is 2. The molecule has 1 aromatic carbocycles. The predicted octanol–water partition coefficient (Wildman–Crippen LogP) is 2.32. The Balaban J connectivity index is 1.50. The first-order valence-corrected chi connectivity index (χ1v) is 8.22. The smallest absolute Gasteiger partial charge is 0.238 e. The Hall–Kier alpha value is -1.46. The van der Waals surface area contributed by atoms with Crippen molar-refractivity contribution >= 4 is 11.6 Å². The van der Waals surface area contributed by atoms with Crippen LogP contribution in [0.2, 0.25) is 0 Å². The van der Waals surface area contributed by atoms with Gasteiger partial charge in [0.15, 0.2) is 0 Å². The lowest BCUT2D eigenvalue weighted by Gasteiger charge is -2.37. The van der Waals surface area contributed by atoms with Crippen LogP contribution in [0, 0.1) is 5.82 Å². The number of carbonyl (C=O) groups is 1. The van der Waals surface area contributed by atoms with Crippen LogP contribution in [0.15, 0.2) is 24.3 Å². The first-order valence-electron chi connectivity index (χ1n) is 8.22. The SMILES string of the molecule is O=C(CN1CCCC(N2CCCC2)C1)Nc1cccc(F)c1. The number of anilines is 1. The Kier molecular flexibility index (Phi) is 5.05. The Bertz CT molecular complexity index is 516. The summed E-state index contributed by atoms with van der Waals surface area (Å²) in [5.74, 6) is -0.391. The van der Waals surface area contributed by atoms with Crippen LogP contribution in [0.25, 0.3) is 0 Å². The van der Waals surface area contributed by atoms with E-state index in [1.165, 1.54) is 44.5 Å². The number of hydrogen-bond acceptors (Lipinski definition) is 3. The number of nitrogens with zero attached hydrogens (tertiary/aromatic N) is 2. The second-order valence-corrected chi connectivity index (χ2v) is 6.33. The van der Waals surface area contributed by atoms with Gasteiger partial charge in [-0.05, 0) is 63.5 Å². The molecule has 2 fully saturated rings. The molecule has 2 saturated heterocycles. The normalized spacial score (nSPS) is 23.6. The third-order valence-corrected chi connectivity index (χ3v) is 4.61. The monoisotopic (exact) mass is 305 g/mol. The quantitative estimate of drug-likeness (QED) is 0.927. The summed E-state index contributed by atoms with van der Waals surface area (Å²) in [6.07, 6.45) is 4.99. The molecule has 4 nitrogen and oxygen atoms in total. The zero-order valence-corrected chi connectivity index (χ0v) is 12.9. The van der Waals surface area contributed by atoms with Gasteiger partial charge in [0.2, 0.25) is 5.91 Å². The molecule has 1 N–H and O–H groups in total. The molecule has 0 spiro atoms. The van der Waals surface area contributed by atoms with Crippen molar-refractivity contribution in [3.05, 3.63) is 30.1 Å². The highest BCUT2D eigenvalue weighted by Crippen LogP contribution is 2.20. The lowest BCUT2D eigenvalue weighted by molar-refractivity contribution is -0.117. The maximum absolute atomic E-state index is 13.1. The molecule has 0 radical (unpaired) electrons. The van der Waals surface area contributed by atoms with Crippen LogP contribution in [-0.4, -0.2) is 54.5 Å². The molecule has 1 unspecified atom stereocenters. The van der Waals surface area contributed by atoms with E-state index in [0.717, 1.165) is 19.5 Å². The Morgan fingerprint density at radius 2 is 2.05 bits per heavy atom. The van der Waals surface area contributed by atoms with Gasteiger partial charge < -0.3 is 5.32 Å². The number of benzene rings is 1. The number of carbonyl (C=O) groups excluding carboxylic acids is 1. The van der Waals surface area contributed by atoms with Crippen molar-refractivity contribution in [2.24, 2.45) is 0 Å². The van der Waals surface area contributed by atoms with Crippen molar-refractivity contribution in [2.45, 2.75) is 31.7 Å². The highest BCUT2D eigenvalue weighted by Gasteiger charge is 2.27. The molecule has 2 aliphatic heterocycles. The van der Waals surface area contributed by atoms with E-state index in [-0.39, 0.29) is 11.7 Å². The Morgan fingerprint density at radius 1 is 1.23 bits per heavy atom. The van der Waals surface area contributed by atoms with E-state index in [9.17, 15) is 9.18 Å². The first kappa shape index (κ1) is 15.4. The van der Waals surface area contributed by atoms with Gasteiger partial charge in [0.1, 0.15) is 5.82 Å². The summed E-state index contributed by atoms with van der Waals surface area (Å²) < 4.78 is 13.1. The van der Waals surface area contributed by atoms with Gasteiger partial charge in [-0.25, -0.2) is 4.39 Å². The van der Waals surface area contributed by atoms with Crippen molar-refractivity contribution in [3.63, 3.8) is 0 Å². The molecular weight excluding hydrogens is 281 g/mol. The van der Waals surface area contributed by atoms with Gasteiger partial charge in [0.25, 0.3) is 0 Å². The van der Waals surface area contributed by atoms with Gasteiger partial charge in [-0.2, -0.15) is 0 Å². The topological polar surface area (TPSA) is 35.6 Å². The number of hydrogen-bond donors (Lipinski definition) is 1. The highest BCUT2D eigenvalue weighted by molar-refractivity contribution is 5.92. The van der Waals surface area contributed by atoms with Crippen LogP contribution < -0.4 is 5.32 Å². The van der Waals surface area contributed by atoms with E-state index in [2.05, 4.69) is 15.1 Å². The highest BCUT2D eigenvalue weighted by atomic mass is 19.1. The third kappa shape index (κ3) is 4.05. The van der Waals surface area contributed by atoms with Crippen molar-refractivity contribution in [3.8, 4) is 0 Å². The number of halogens is 1. The number of piperidine rings is 1. The Morgan fingerprint density at radius 3 is 2.82 bits per heavy atom. The van der Waals surface area contributed by atoms with Crippen LogP contribution in [0.3, 0.4) is 0 Å². The zero-order valence-electron chi connectivity index (χ0n) is 12.9. The van der Waals surface area contributed by atoms with E-state index in [1.54, 1.807) is 12.1 Å². The van der Waals surface area contributed by atoms with E-state index in [1.807, 2.05) is 0 Å². The molecule has 1 atom stereocenters. The molecule has 2 heterocycles. The molecule has 22 heavy (non-hydrogen) atoms. The lowest BCUT2D eigenvalue weighted by atomic mass is 10.0. The van der Waals surface area contributed by atoms with Crippen LogP contribution in [0.4, 0.5) is 10.1 Å². The van der Waals surface area contributed by atoms with E-state index >= 15 is 0 Å². The molecule has 0 aliphatic carbocycles. The summed E-state index contributed by atoms with van der Waals surface area (Å²) in [7, 11) is 0. The van der Waals surface area contributed by atoms with Crippen LogP contribution in [-0.2, 0) is 4.79 Å². The fraction of sp³-hybridized carbons (Fsp3) is 0.588. The van der Waals surface area contributed by atoms with Crippen LogP contribution in [0.1, 0.15) is 25.7 Å². The second-order valence-electron chi connectivity index (χ2n) is 6.33. The summed E-state index contributed by atoms with van der Waals surface area (Å²) in [4.78, 5) is 16.9. The molecule has 1 amide bonds. The van der Waals surface area contributed by atoms with Gasteiger partial charge in [-0.15, -0.1) is 0 Å². The molecule has 0 saturated carbocycles. The zero-order chi connectivity index (χ0) is 15.4. The predicted molar refractivity (Wildman–Crippen MR) is 85.3 cm³/mol. The minimum absolute atomic E-state index is 0.0623. The maximum Gasteiger partial charge on any atom is 0.238 e. The van der Waals surface area contributed by atoms with Gasteiger partial charge in [0, 0.05) is 18.3 Å². The average molecular weight is 305 g/mol. The maximum atomic E-state index is 13.1. The molecule has 0 aromatic heterocycles. The van der Waals surface area contributed by atoms with Crippen molar-refractivity contribution in [1.82, 2.24) is 9.80 Å². The van der Waals surface area contributed by atoms with Gasteiger partial charge in [-0.3, -0.25) is 14.6 Å². The largest absolute Gasteiger partial charge is 0.325 e. The van der Waals surface area contributed by atoms with Gasteiger partial charge in [0.05, 0.1) is 6.54 Å². The van der Waals surface area contributed by atoms with Gasteiger partial charge in [-0.1, -0.05) is 6.07 Å². The van der Waals surface area contributed by atoms with Crippen molar-refractivity contribution in [1.29, 1.82) is 0 Å². The van der Waals surface area contributed by atoms with Crippen LogP contribution >= 0.6 is 0 Å². The first-order chi connectivity index (χ1) is 10.7. The fourth-order valence-corrected chi connectivity index (χ4v) is 3.55. The van der Waals surface area contributed by atoms with E-state index < -0.39 is 0 Å². The number of amides is 1. The molecule has 5 heteroatoms. The summed E-state index contributed by atoms with van der Waals surface area (Å²) in [5, 5.41) is 2.78. The standard InChI is InChI=1S/C17H24FN3O/c18-14-5-3-6-15(11-14)19-17(22)13-20-8-4-7-16(12-20)21-9-1-2-10-21/h3,5-6,11,16H,1-2,4,7-10,12-13H2,(H,19,22). The third-order valence-electron chi connectivity index (χ3n) is 4.61. The van der Waals surface area contributed by atoms with Crippen LogP contribution in [0.5, 0.6) is 0 Å². The number of nitrogens with one attached hydrogen (secondary N) is 1. The average Bonchev–Trinajstić information content (AvgIpc) is 3.01. The molecule has 2 aliphatic rings. The molecule has 120 valence electrons. The fourth-order valence-electron chi connectivity index (χ4n) is 3.55. The molecular formula is C17H24FN3O. The van der Waals surface area contributed by atoms with E-state index in [4.69, 9.17) is 0 Å². The van der Waals surface area contributed by atoms with Gasteiger partial charge >= 0.3 is 0 Å². The molecule has 0 bridgehead atoms. The molecule has 1 aromatic rings. The minimum atomic E-state index is -0.329. The summed E-state index contributed by atoms with van der Waals surface area (Å²) >= 11 is 0. The van der Waals surface area contributed by atoms with Crippen molar-refractivity contribution in [2.75, 3.05) is 38.0 Å².